The fourth-order valence-corrected chi connectivity index (χ4v) is 2.62. The van der Waals surface area contributed by atoms with E-state index in [9.17, 15) is 9.59 Å². The molecule has 1 N–H and O–H groups in total. The van der Waals surface area contributed by atoms with Gasteiger partial charge >= 0.3 is 5.97 Å². The van der Waals surface area contributed by atoms with E-state index in [4.69, 9.17) is 5.11 Å². The molecule has 0 aromatic rings. The van der Waals surface area contributed by atoms with Crippen molar-refractivity contribution in [3.63, 3.8) is 0 Å². The Balaban J connectivity index is 2.22. The van der Waals surface area contributed by atoms with Crippen LogP contribution in [0.1, 0.15) is 32.6 Å². The topological polar surface area (TPSA) is 54.4 Å². The molecular weight excluding hydrogens is 200 g/mol. The van der Waals surface area contributed by atoms with E-state index in [1.807, 2.05) is 0 Å². The number of carbonyl (C=O) groups excluding carboxylic acids is 1. The Bertz CT molecular complexity index is 219. The lowest BCUT2D eigenvalue weighted by Gasteiger charge is -2.25. The van der Waals surface area contributed by atoms with Crippen LogP contribution in [0.5, 0.6) is 0 Å². The average molecular weight is 216 g/mol. The first-order valence-electron chi connectivity index (χ1n) is 4.95. The van der Waals surface area contributed by atoms with Crippen molar-refractivity contribution in [2.24, 2.45) is 11.8 Å². The molecule has 0 aliphatic heterocycles. The number of thioether (sulfide) groups is 1. The summed E-state index contributed by atoms with van der Waals surface area (Å²) in [6.45, 7) is 1.58. The lowest BCUT2D eigenvalue weighted by atomic mass is 9.83. The van der Waals surface area contributed by atoms with Gasteiger partial charge in [0.25, 0.3) is 0 Å². The van der Waals surface area contributed by atoms with Crippen molar-refractivity contribution in [1.29, 1.82) is 0 Å². The maximum absolute atomic E-state index is 10.7. The molecule has 0 bridgehead atoms. The quantitative estimate of drug-likeness (QED) is 0.785. The van der Waals surface area contributed by atoms with Gasteiger partial charge in [0.15, 0.2) is 5.12 Å². The molecule has 0 spiro atoms. The van der Waals surface area contributed by atoms with Crippen LogP contribution >= 0.6 is 11.8 Å². The standard InChI is InChI=1S/C10H16O3S/c1-7(11)14-6-8-2-4-9(5-3-8)10(12)13/h8-9H,2-6H2,1H3,(H,12,13). The van der Waals surface area contributed by atoms with Crippen LogP contribution < -0.4 is 0 Å². The molecule has 1 fully saturated rings. The van der Waals surface area contributed by atoms with Crippen LogP contribution in [0, 0.1) is 11.8 Å². The van der Waals surface area contributed by atoms with Crippen molar-refractivity contribution in [3.05, 3.63) is 0 Å². The summed E-state index contributed by atoms with van der Waals surface area (Å²) in [7, 11) is 0. The van der Waals surface area contributed by atoms with Gasteiger partial charge < -0.3 is 5.11 Å². The van der Waals surface area contributed by atoms with Crippen molar-refractivity contribution in [1.82, 2.24) is 0 Å². The molecule has 0 aromatic carbocycles. The normalized spacial score (nSPS) is 27.2. The first-order valence-corrected chi connectivity index (χ1v) is 5.94. The van der Waals surface area contributed by atoms with E-state index in [2.05, 4.69) is 0 Å². The number of carbonyl (C=O) groups is 2. The van der Waals surface area contributed by atoms with E-state index in [1.165, 1.54) is 11.8 Å². The zero-order valence-electron chi connectivity index (χ0n) is 8.36. The third-order valence-corrected chi connectivity index (χ3v) is 3.76. The van der Waals surface area contributed by atoms with Crippen molar-refractivity contribution in [3.8, 4) is 0 Å². The van der Waals surface area contributed by atoms with Crippen LogP contribution in [0.15, 0.2) is 0 Å². The Morgan fingerprint density at radius 3 is 2.29 bits per heavy atom. The van der Waals surface area contributed by atoms with Crippen LogP contribution in [0.3, 0.4) is 0 Å². The molecule has 0 amide bonds. The van der Waals surface area contributed by atoms with Gasteiger partial charge in [-0.05, 0) is 31.6 Å². The van der Waals surface area contributed by atoms with Gasteiger partial charge in [-0.15, -0.1) is 0 Å². The maximum atomic E-state index is 10.7. The van der Waals surface area contributed by atoms with Gasteiger partial charge in [-0.3, -0.25) is 9.59 Å². The molecule has 4 heteroatoms. The lowest BCUT2D eigenvalue weighted by molar-refractivity contribution is -0.143. The van der Waals surface area contributed by atoms with Crippen molar-refractivity contribution in [2.75, 3.05) is 5.75 Å². The summed E-state index contributed by atoms with van der Waals surface area (Å²) in [5.41, 5.74) is 0. The van der Waals surface area contributed by atoms with Gasteiger partial charge in [-0.25, -0.2) is 0 Å². The van der Waals surface area contributed by atoms with Crippen LogP contribution in [0.4, 0.5) is 0 Å². The van der Waals surface area contributed by atoms with E-state index in [-0.39, 0.29) is 11.0 Å². The van der Waals surface area contributed by atoms with E-state index >= 15 is 0 Å². The zero-order valence-corrected chi connectivity index (χ0v) is 9.18. The second kappa shape index (κ2) is 5.39. The number of aliphatic carboxylic acids is 1. The molecule has 0 atom stereocenters. The molecule has 1 rings (SSSR count). The Morgan fingerprint density at radius 1 is 1.29 bits per heavy atom. The highest BCUT2D eigenvalue weighted by Crippen LogP contribution is 2.31. The molecule has 1 aliphatic carbocycles. The minimum absolute atomic E-state index is 0.145. The third-order valence-electron chi connectivity index (χ3n) is 2.72. The molecular formula is C10H16O3S. The van der Waals surface area contributed by atoms with E-state index in [0.29, 0.717) is 5.92 Å². The van der Waals surface area contributed by atoms with Crippen LogP contribution in [0.25, 0.3) is 0 Å². The van der Waals surface area contributed by atoms with Gasteiger partial charge in [-0.1, -0.05) is 11.8 Å². The monoisotopic (exact) mass is 216 g/mol. The fraction of sp³-hybridized carbons (Fsp3) is 0.800. The second-order valence-corrected chi connectivity index (χ2v) is 5.06. The number of rotatable bonds is 3. The molecule has 0 unspecified atom stereocenters. The predicted molar refractivity (Wildman–Crippen MR) is 56.2 cm³/mol. The number of carboxylic acids is 1. The van der Waals surface area contributed by atoms with Crippen LogP contribution in [-0.2, 0) is 9.59 Å². The highest BCUT2D eigenvalue weighted by molar-refractivity contribution is 8.13. The Labute approximate surface area is 88.3 Å². The average Bonchev–Trinajstić information content (AvgIpc) is 2.15. The van der Waals surface area contributed by atoms with Crippen molar-refractivity contribution < 1.29 is 14.7 Å². The third kappa shape index (κ3) is 3.70. The summed E-state index contributed by atoms with van der Waals surface area (Å²) in [5.74, 6) is 0.595. The van der Waals surface area contributed by atoms with E-state index in [1.54, 1.807) is 6.92 Å². The van der Waals surface area contributed by atoms with E-state index < -0.39 is 5.97 Å². The Morgan fingerprint density at radius 2 is 1.86 bits per heavy atom. The largest absolute Gasteiger partial charge is 0.481 e. The molecule has 0 radical (unpaired) electrons. The molecule has 0 heterocycles. The highest BCUT2D eigenvalue weighted by atomic mass is 32.2. The Kier molecular flexibility index (Phi) is 4.45. The number of hydrogen-bond acceptors (Lipinski definition) is 3. The molecule has 0 aromatic heterocycles. The summed E-state index contributed by atoms with van der Waals surface area (Å²) in [4.78, 5) is 21.4. The number of hydrogen-bond donors (Lipinski definition) is 1. The first kappa shape index (κ1) is 11.6. The fourth-order valence-electron chi connectivity index (χ4n) is 1.81. The molecule has 80 valence electrons. The molecule has 1 aliphatic rings. The minimum Gasteiger partial charge on any atom is -0.481 e. The van der Waals surface area contributed by atoms with Crippen LogP contribution in [0.2, 0.25) is 0 Å². The molecule has 0 saturated heterocycles. The van der Waals surface area contributed by atoms with Crippen molar-refractivity contribution >= 4 is 22.8 Å². The predicted octanol–water partition coefficient (Wildman–Crippen LogP) is 2.16. The van der Waals surface area contributed by atoms with Gasteiger partial charge in [0.05, 0.1) is 5.92 Å². The second-order valence-electron chi connectivity index (χ2n) is 3.86. The molecule has 14 heavy (non-hydrogen) atoms. The van der Waals surface area contributed by atoms with E-state index in [0.717, 1.165) is 31.4 Å². The van der Waals surface area contributed by atoms with Crippen molar-refractivity contribution in [2.45, 2.75) is 32.6 Å². The SMILES string of the molecule is CC(=O)SCC1CCC(C(=O)O)CC1. The first-order chi connectivity index (χ1) is 6.59. The van der Waals surface area contributed by atoms with Gasteiger partial charge in [0, 0.05) is 12.7 Å². The summed E-state index contributed by atoms with van der Waals surface area (Å²) >= 11 is 1.36. The van der Waals surface area contributed by atoms with Gasteiger partial charge in [0.1, 0.15) is 0 Å². The summed E-state index contributed by atoms with van der Waals surface area (Å²) < 4.78 is 0. The van der Waals surface area contributed by atoms with Crippen LogP contribution in [-0.4, -0.2) is 21.9 Å². The Hall–Kier alpha value is -0.510. The maximum Gasteiger partial charge on any atom is 0.306 e. The molecule has 3 nitrogen and oxygen atoms in total. The minimum atomic E-state index is -0.664. The molecule has 1 saturated carbocycles. The van der Waals surface area contributed by atoms with Gasteiger partial charge in [-0.2, -0.15) is 0 Å². The summed E-state index contributed by atoms with van der Waals surface area (Å²) in [6, 6.07) is 0. The smallest absolute Gasteiger partial charge is 0.306 e. The summed E-state index contributed by atoms with van der Waals surface area (Å²) in [6.07, 6.45) is 3.46. The van der Waals surface area contributed by atoms with Gasteiger partial charge in [0.2, 0.25) is 0 Å². The lowest BCUT2D eigenvalue weighted by Crippen LogP contribution is -2.22. The summed E-state index contributed by atoms with van der Waals surface area (Å²) in [5, 5.41) is 8.94. The number of carboxylic acid groups (broad SMARTS) is 1. The highest BCUT2D eigenvalue weighted by Gasteiger charge is 2.25. The zero-order chi connectivity index (χ0) is 10.6.